The maximum absolute atomic E-state index is 11.8. The van der Waals surface area contributed by atoms with Crippen molar-refractivity contribution >= 4 is 6.01 Å². The maximum Gasteiger partial charge on any atom is 0.324 e. The summed E-state index contributed by atoms with van der Waals surface area (Å²) in [4.78, 5) is 18.1. The van der Waals surface area contributed by atoms with Crippen LogP contribution in [0.15, 0.2) is 21.5 Å². The van der Waals surface area contributed by atoms with Gasteiger partial charge >= 0.3 is 6.01 Å². The molecule has 7 heteroatoms. The first-order valence-corrected chi connectivity index (χ1v) is 7.22. The molecule has 1 aliphatic rings. The summed E-state index contributed by atoms with van der Waals surface area (Å²) in [7, 11) is 0. The van der Waals surface area contributed by atoms with E-state index < -0.39 is 0 Å². The highest BCUT2D eigenvalue weighted by atomic mass is 16.5. The average Bonchev–Trinajstić information content (AvgIpc) is 2.90. The highest BCUT2D eigenvalue weighted by molar-refractivity contribution is 5.25. The summed E-state index contributed by atoms with van der Waals surface area (Å²) in [5, 5.41) is 8.11. The molecule has 1 fully saturated rings. The second kappa shape index (κ2) is 5.67. The van der Waals surface area contributed by atoms with E-state index in [-0.39, 0.29) is 5.56 Å². The molecule has 21 heavy (non-hydrogen) atoms. The van der Waals surface area contributed by atoms with E-state index in [0.717, 1.165) is 31.6 Å². The zero-order chi connectivity index (χ0) is 14.8. The Morgan fingerprint density at radius 2 is 2.05 bits per heavy atom. The molecule has 0 amide bonds. The Hall–Kier alpha value is -2.18. The first kappa shape index (κ1) is 13.8. The Balaban J connectivity index is 1.61. The fourth-order valence-electron chi connectivity index (χ4n) is 2.65. The van der Waals surface area contributed by atoms with E-state index in [2.05, 4.69) is 20.1 Å². The van der Waals surface area contributed by atoms with E-state index >= 15 is 0 Å². The van der Waals surface area contributed by atoms with E-state index in [1.165, 1.54) is 0 Å². The number of aryl methyl sites for hydroxylation is 2. The molecule has 2 aromatic rings. The van der Waals surface area contributed by atoms with Crippen LogP contribution in [0.4, 0.5) is 6.01 Å². The SMILES string of the molecule is Cc1ccc(=O)n(CC2CCN(c3nc(C)no3)CC2)n1. The van der Waals surface area contributed by atoms with Gasteiger partial charge in [-0.25, -0.2) is 4.68 Å². The first-order valence-electron chi connectivity index (χ1n) is 7.22. The van der Waals surface area contributed by atoms with Crippen LogP contribution < -0.4 is 10.5 Å². The van der Waals surface area contributed by atoms with Gasteiger partial charge in [0.25, 0.3) is 5.56 Å². The van der Waals surface area contributed by atoms with Crippen molar-refractivity contribution in [1.82, 2.24) is 19.9 Å². The molecular weight excluding hydrogens is 270 g/mol. The third kappa shape index (κ3) is 3.12. The minimum absolute atomic E-state index is 0.0319. The molecule has 1 aliphatic heterocycles. The second-order valence-electron chi connectivity index (χ2n) is 5.55. The molecule has 1 saturated heterocycles. The van der Waals surface area contributed by atoms with Gasteiger partial charge in [-0.2, -0.15) is 10.1 Å². The van der Waals surface area contributed by atoms with Crippen LogP contribution in [-0.4, -0.2) is 33.0 Å². The van der Waals surface area contributed by atoms with Crippen LogP contribution in [0.1, 0.15) is 24.4 Å². The van der Waals surface area contributed by atoms with E-state index in [1.54, 1.807) is 16.8 Å². The maximum atomic E-state index is 11.8. The molecule has 0 aromatic carbocycles. The monoisotopic (exact) mass is 289 g/mol. The zero-order valence-electron chi connectivity index (χ0n) is 12.3. The van der Waals surface area contributed by atoms with Gasteiger partial charge in [0.05, 0.1) is 5.69 Å². The lowest BCUT2D eigenvalue weighted by atomic mass is 9.97. The van der Waals surface area contributed by atoms with Gasteiger partial charge in [0.2, 0.25) is 0 Å². The van der Waals surface area contributed by atoms with Crippen LogP contribution in [-0.2, 0) is 6.54 Å². The normalized spacial score (nSPS) is 16.4. The van der Waals surface area contributed by atoms with Gasteiger partial charge in [-0.15, -0.1) is 0 Å². The Bertz CT molecular complexity index is 670. The summed E-state index contributed by atoms with van der Waals surface area (Å²) in [6, 6.07) is 3.93. The van der Waals surface area contributed by atoms with Crippen LogP contribution in [0.3, 0.4) is 0 Å². The van der Waals surface area contributed by atoms with Crippen molar-refractivity contribution in [3.8, 4) is 0 Å². The minimum atomic E-state index is -0.0319. The number of anilines is 1. The molecule has 0 radical (unpaired) electrons. The lowest BCUT2D eigenvalue weighted by molar-refractivity contribution is 0.318. The standard InChI is InChI=1S/C14H19N5O2/c1-10-3-4-13(20)19(16-10)9-12-5-7-18(8-6-12)14-15-11(2)17-21-14/h3-4,12H,5-9H2,1-2H3. The van der Waals surface area contributed by atoms with Crippen LogP contribution in [0.2, 0.25) is 0 Å². The number of hydrogen-bond donors (Lipinski definition) is 0. The first-order chi connectivity index (χ1) is 10.1. The molecule has 3 rings (SSSR count). The van der Waals surface area contributed by atoms with Gasteiger partial charge in [-0.1, -0.05) is 5.16 Å². The summed E-state index contributed by atoms with van der Waals surface area (Å²) >= 11 is 0. The van der Waals surface area contributed by atoms with Gasteiger partial charge in [-0.3, -0.25) is 4.79 Å². The van der Waals surface area contributed by atoms with Crippen LogP contribution in [0.25, 0.3) is 0 Å². The number of aromatic nitrogens is 4. The minimum Gasteiger partial charge on any atom is -0.324 e. The van der Waals surface area contributed by atoms with Crippen molar-refractivity contribution in [1.29, 1.82) is 0 Å². The molecule has 0 N–H and O–H groups in total. The number of hydrogen-bond acceptors (Lipinski definition) is 6. The molecule has 0 spiro atoms. The summed E-state index contributed by atoms with van der Waals surface area (Å²) in [6.07, 6.45) is 1.98. The van der Waals surface area contributed by atoms with E-state index in [0.29, 0.717) is 24.3 Å². The van der Waals surface area contributed by atoms with E-state index in [4.69, 9.17) is 4.52 Å². The van der Waals surface area contributed by atoms with Crippen molar-refractivity contribution in [3.63, 3.8) is 0 Å². The molecular formula is C14H19N5O2. The van der Waals surface area contributed by atoms with Gasteiger partial charge in [0, 0.05) is 25.7 Å². The van der Waals surface area contributed by atoms with Gasteiger partial charge < -0.3 is 9.42 Å². The fourth-order valence-corrected chi connectivity index (χ4v) is 2.65. The lowest BCUT2D eigenvalue weighted by Gasteiger charge is -2.30. The van der Waals surface area contributed by atoms with Crippen molar-refractivity contribution in [2.24, 2.45) is 5.92 Å². The summed E-state index contributed by atoms with van der Waals surface area (Å²) in [5.74, 6) is 1.11. The van der Waals surface area contributed by atoms with Gasteiger partial charge in [0.1, 0.15) is 0 Å². The van der Waals surface area contributed by atoms with E-state index in [1.807, 2.05) is 13.8 Å². The van der Waals surface area contributed by atoms with Gasteiger partial charge in [-0.05, 0) is 38.7 Å². The Morgan fingerprint density at radius 1 is 1.29 bits per heavy atom. The highest BCUT2D eigenvalue weighted by Crippen LogP contribution is 2.22. The predicted molar refractivity (Wildman–Crippen MR) is 77.2 cm³/mol. The number of rotatable bonds is 3. The molecule has 0 aliphatic carbocycles. The quantitative estimate of drug-likeness (QED) is 0.844. The molecule has 3 heterocycles. The Labute approximate surface area is 122 Å². The molecule has 112 valence electrons. The molecule has 7 nitrogen and oxygen atoms in total. The second-order valence-corrected chi connectivity index (χ2v) is 5.55. The summed E-state index contributed by atoms with van der Waals surface area (Å²) in [6.45, 7) is 6.13. The van der Waals surface area contributed by atoms with Crippen molar-refractivity contribution in [3.05, 3.63) is 34.0 Å². The Morgan fingerprint density at radius 3 is 2.71 bits per heavy atom. The predicted octanol–water partition coefficient (Wildman–Crippen LogP) is 1.16. The summed E-state index contributed by atoms with van der Waals surface area (Å²) < 4.78 is 6.77. The van der Waals surface area contributed by atoms with Crippen molar-refractivity contribution in [2.45, 2.75) is 33.2 Å². The molecule has 0 bridgehead atoms. The molecule has 0 saturated carbocycles. The summed E-state index contributed by atoms with van der Waals surface area (Å²) in [5.41, 5.74) is 0.837. The van der Waals surface area contributed by atoms with Gasteiger partial charge in [0.15, 0.2) is 5.82 Å². The van der Waals surface area contributed by atoms with Crippen LogP contribution in [0.5, 0.6) is 0 Å². The third-order valence-electron chi connectivity index (χ3n) is 3.83. The fraction of sp³-hybridized carbons (Fsp3) is 0.571. The largest absolute Gasteiger partial charge is 0.324 e. The lowest BCUT2D eigenvalue weighted by Crippen LogP contribution is -2.37. The van der Waals surface area contributed by atoms with Crippen molar-refractivity contribution < 1.29 is 4.52 Å². The average molecular weight is 289 g/mol. The van der Waals surface area contributed by atoms with E-state index in [9.17, 15) is 4.79 Å². The smallest absolute Gasteiger partial charge is 0.324 e. The zero-order valence-corrected chi connectivity index (χ0v) is 12.3. The number of nitrogens with zero attached hydrogens (tertiary/aromatic N) is 5. The Kier molecular flexibility index (Phi) is 3.72. The topological polar surface area (TPSA) is 77.0 Å². The highest BCUT2D eigenvalue weighted by Gasteiger charge is 2.23. The molecule has 0 atom stereocenters. The molecule has 0 unspecified atom stereocenters. The third-order valence-corrected chi connectivity index (χ3v) is 3.83. The van der Waals surface area contributed by atoms with Crippen molar-refractivity contribution in [2.75, 3.05) is 18.0 Å². The number of piperidine rings is 1. The van der Waals surface area contributed by atoms with Crippen LogP contribution in [0, 0.1) is 19.8 Å². The molecule has 2 aromatic heterocycles. The van der Waals surface area contributed by atoms with Crippen LogP contribution >= 0.6 is 0 Å².